The summed E-state index contributed by atoms with van der Waals surface area (Å²) in [6, 6.07) is 20.8. The molecule has 3 aromatic rings. The second-order valence-corrected chi connectivity index (χ2v) is 6.95. The zero-order chi connectivity index (χ0) is 20.6. The van der Waals surface area contributed by atoms with Crippen molar-refractivity contribution in [1.29, 1.82) is 0 Å². The van der Waals surface area contributed by atoms with Crippen molar-refractivity contribution in [3.8, 4) is 5.75 Å². The third-order valence-electron chi connectivity index (χ3n) is 4.38. The van der Waals surface area contributed by atoms with Crippen LogP contribution in [0.2, 0.25) is 5.02 Å². The first kappa shape index (κ1) is 20.6. The van der Waals surface area contributed by atoms with Crippen LogP contribution in [0.1, 0.15) is 18.5 Å². The normalized spacial score (nSPS) is 11.7. The highest BCUT2D eigenvalue weighted by Crippen LogP contribution is 2.23. The number of benzene rings is 3. The zero-order valence-corrected chi connectivity index (χ0v) is 16.7. The Kier molecular flexibility index (Phi) is 7.05. The Labute approximate surface area is 174 Å². The number of carbonyl (C=O) groups is 2. The maximum absolute atomic E-state index is 12.0. The molecule has 7 heteroatoms. The van der Waals surface area contributed by atoms with E-state index in [4.69, 9.17) is 16.3 Å². The predicted octanol–water partition coefficient (Wildman–Crippen LogP) is 3.37. The van der Waals surface area contributed by atoms with Crippen molar-refractivity contribution in [2.75, 3.05) is 13.2 Å². The number of amides is 2. The molecule has 0 saturated carbocycles. The maximum Gasteiger partial charge on any atom is 0.276 e. The van der Waals surface area contributed by atoms with E-state index in [1.807, 2.05) is 31.2 Å². The Bertz CT molecular complexity index is 987. The monoisotopic (exact) mass is 411 g/mol. The fraction of sp³-hybridized carbons (Fsp3) is 0.182. The summed E-state index contributed by atoms with van der Waals surface area (Å²) in [6.07, 6.45) is 0. The number of nitrogens with one attached hydrogen (secondary N) is 3. The van der Waals surface area contributed by atoms with E-state index in [9.17, 15) is 9.59 Å². The molecule has 0 fully saturated rings. The summed E-state index contributed by atoms with van der Waals surface area (Å²) in [6.45, 7) is 1.83. The van der Waals surface area contributed by atoms with Gasteiger partial charge >= 0.3 is 0 Å². The summed E-state index contributed by atoms with van der Waals surface area (Å²) >= 11 is 5.79. The molecule has 0 bridgehead atoms. The number of carbonyl (C=O) groups excluding carboxylic acids is 2. The maximum atomic E-state index is 12.0. The van der Waals surface area contributed by atoms with Gasteiger partial charge in [-0.1, -0.05) is 54.1 Å². The Morgan fingerprint density at radius 2 is 1.62 bits per heavy atom. The van der Waals surface area contributed by atoms with Gasteiger partial charge in [0.15, 0.2) is 6.61 Å². The number of halogens is 1. The molecule has 6 nitrogen and oxygen atoms in total. The summed E-state index contributed by atoms with van der Waals surface area (Å²) in [5.74, 6) is -0.297. The highest BCUT2D eigenvalue weighted by molar-refractivity contribution is 6.30. The van der Waals surface area contributed by atoms with Crippen LogP contribution in [0.5, 0.6) is 5.75 Å². The molecule has 150 valence electrons. The number of fused-ring (bicyclic) bond motifs is 1. The molecule has 29 heavy (non-hydrogen) atoms. The van der Waals surface area contributed by atoms with Gasteiger partial charge < -0.3 is 10.1 Å². The van der Waals surface area contributed by atoms with Crippen molar-refractivity contribution in [3.63, 3.8) is 0 Å². The van der Waals surface area contributed by atoms with Crippen molar-refractivity contribution in [1.82, 2.24) is 16.2 Å². The van der Waals surface area contributed by atoms with Gasteiger partial charge in [-0.25, -0.2) is 0 Å². The second kappa shape index (κ2) is 9.91. The van der Waals surface area contributed by atoms with Crippen LogP contribution >= 0.6 is 11.6 Å². The van der Waals surface area contributed by atoms with Gasteiger partial charge in [-0.15, -0.1) is 0 Å². The van der Waals surface area contributed by atoms with Crippen molar-refractivity contribution < 1.29 is 14.3 Å². The van der Waals surface area contributed by atoms with Crippen LogP contribution in [0.3, 0.4) is 0 Å². The molecule has 0 spiro atoms. The fourth-order valence-corrected chi connectivity index (χ4v) is 3.01. The van der Waals surface area contributed by atoms with E-state index in [0.717, 1.165) is 16.3 Å². The fourth-order valence-electron chi connectivity index (χ4n) is 2.88. The minimum absolute atomic E-state index is 0.0317. The lowest BCUT2D eigenvalue weighted by Crippen LogP contribution is -2.47. The first-order valence-electron chi connectivity index (χ1n) is 9.20. The molecule has 3 aromatic carbocycles. The van der Waals surface area contributed by atoms with Crippen molar-refractivity contribution in [2.45, 2.75) is 13.0 Å². The minimum atomic E-state index is -0.463. The Balaban J connectivity index is 1.42. The first-order chi connectivity index (χ1) is 14.0. The van der Waals surface area contributed by atoms with Crippen LogP contribution in [-0.4, -0.2) is 25.0 Å². The van der Waals surface area contributed by atoms with E-state index >= 15 is 0 Å². The molecule has 0 aliphatic heterocycles. The summed E-state index contributed by atoms with van der Waals surface area (Å²) in [4.78, 5) is 23.8. The average Bonchev–Trinajstić information content (AvgIpc) is 2.75. The standard InChI is InChI=1S/C22H22ClN3O3/c1-15(19-8-4-6-16-5-2-3-7-20(16)19)24-13-21(27)25-26-22(28)14-29-18-11-9-17(23)10-12-18/h2-12,15,24H,13-14H2,1H3,(H,25,27)(H,26,28)/t15-/m0/s1. The van der Waals surface area contributed by atoms with Crippen LogP contribution in [0, 0.1) is 0 Å². The third-order valence-corrected chi connectivity index (χ3v) is 4.64. The lowest BCUT2D eigenvalue weighted by Gasteiger charge is -2.16. The Morgan fingerprint density at radius 1 is 0.931 bits per heavy atom. The van der Waals surface area contributed by atoms with Gasteiger partial charge in [-0.2, -0.15) is 0 Å². The molecule has 3 N–H and O–H groups in total. The van der Waals surface area contributed by atoms with E-state index in [2.05, 4.69) is 34.4 Å². The van der Waals surface area contributed by atoms with E-state index < -0.39 is 5.91 Å². The SMILES string of the molecule is C[C@H](NCC(=O)NNC(=O)COc1ccc(Cl)cc1)c1cccc2ccccc12. The average molecular weight is 412 g/mol. The molecule has 0 unspecified atom stereocenters. The molecule has 1 atom stereocenters. The molecule has 0 radical (unpaired) electrons. The third kappa shape index (κ3) is 5.94. The Morgan fingerprint density at radius 3 is 2.41 bits per heavy atom. The lowest BCUT2D eigenvalue weighted by atomic mass is 10.00. The smallest absolute Gasteiger partial charge is 0.276 e. The molecular formula is C22H22ClN3O3. The van der Waals surface area contributed by atoms with Gasteiger partial charge in [0.2, 0.25) is 0 Å². The van der Waals surface area contributed by atoms with Crippen molar-refractivity contribution >= 4 is 34.2 Å². The van der Waals surface area contributed by atoms with Crippen LogP contribution in [-0.2, 0) is 9.59 Å². The summed E-state index contributed by atoms with van der Waals surface area (Å²) in [5, 5.41) is 6.04. The van der Waals surface area contributed by atoms with E-state index in [0.29, 0.717) is 10.8 Å². The molecule has 0 heterocycles. The van der Waals surface area contributed by atoms with Crippen LogP contribution in [0.25, 0.3) is 10.8 Å². The number of hydrazine groups is 1. The van der Waals surface area contributed by atoms with E-state index in [1.165, 1.54) is 0 Å². The Hall–Kier alpha value is -3.09. The van der Waals surface area contributed by atoms with Crippen LogP contribution < -0.4 is 20.9 Å². The van der Waals surface area contributed by atoms with Gasteiger partial charge in [-0.05, 0) is 47.5 Å². The summed E-state index contributed by atoms with van der Waals surface area (Å²) in [5.41, 5.74) is 5.81. The number of ether oxygens (including phenoxy) is 1. The van der Waals surface area contributed by atoms with E-state index in [-0.39, 0.29) is 25.1 Å². The van der Waals surface area contributed by atoms with Crippen molar-refractivity contribution in [3.05, 3.63) is 77.3 Å². The molecule has 2 amide bonds. The van der Waals surface area contributed by atoms with Crippen LogP contribution in [0.15, 0.2) is 66.7 Å². The topological polar surface area (TPSA) is 79.5 Å². The molecular weight excluding hydrogens is 390 g/mol. The quantitative estimate of drug-likeness (QED) is 0.521. The molecule has 0 aromatic heterocycles. The first-order valence-corrected chi connectivity index (χ1v) is 9.58. The van der Waals surface area contributed by atoms with Gasteiger partial charge in [0.1, 0.15) is 5.75 Å². The number of rotatable bonds is 7. The largest absolute Gasteiger partial charge is 0.484 e. The van der Waals surface area contributed by atoms with E-state index in [1.54, 1.807) is 24.3 Å². The van der Waals surface area contributed by atoms with Gasteiger partial charge in [0.05, 0.1) is 6.54 Å². The van der Waals surface area contributed by atoms with Gasteiger partial charge in [0, 0.05) is 11.1 Å². The summed E-state index contributed by atoms with van der Waals surface area (Å²) in [7, 11) is 0. The van der Waals surface area contributed by atoms with Gasteiger partial charge in [0.25, 0.3) is 11.8 Å². The molecule has 0 aliphatic rings. The molecule has 0 saturated heterocycles. The minimum Gasteiger partial charge on any atom is -0.484 e. The van der Waals surface area contributed by atoms with Crippen molar-refractivity contribution in [2.24, 2.45) is 0 Å². The molecule has 3 rings (SSSR count). The predicted molar refractivity (Wildman–Crippen MR) is 114 cm³/mol. The van der Waals surface area contributed by atoms with Gasteiger partial charge in [-0.3, -0.25) is 20.4 Å². The second-order valence-electron chi connectivity index (χ2n) is 6.51. The lowest BCUT2D eigenvalue weighted by molar-refractivity contribution is -0.129. The number of hydrogen-bond acceptors (Lipinski definition) is 4. The van der Waals surface area contributed by atoms with Crippen LogP contribution in [0.4, 0.5) is 0 Å². The molecule has 0 aliphatic carbocycles. The zero-order valence-electron chi connectivity index (χ0n) is 15.9. The highest BCUT2D eigenvalue weighted by Gasteiger charge is 2.11. The highest BCUT2D eigenvalue weighted by atomic mass is 35.5. The number of hydrogen-bond donors (Lipinski definition) is 3. The summed E-state index contributed by atoms with van der Waals surface area (Å²) < 4.78 is 5.31.